The zero-order valence-electron chi connectivity index (χ0n) is 29.7. The lowest BCUT2D eigenvalue weighted by Gasteiger charge is -2.14. The van der Waals surface area contributed by atoms with E-state index in [-0.39, 0.29) is 18.4 Å². The maximum Gasteiger partial charge on any atom is 0.407 e. The Morgan fingerprint density at radius 1 is 0.800 bits per heavy atom. The third kappa shape index (κ3) is 12.4. The first-order chi connectivity index (χ1) is 24.4. The van der Waals surface area contributed by atoms with Crippen LogP contribution in [0.15, 0.2) is 97.6 Å². The van der Waals surface area contributed by atoms with E-state index in [2.05, 4.69) is 85.6 Å². The number of methoxy groups -OCH3 is 1. The third-order valence-electron chi connectivity index (χ3n) is 7.29. The van der Waals surface area contributed by atoms with E-state index in [0.29, 0.717) is 12.4 Å². The van der Waals surface area contributed by atoms with Gasteiger partial charge in [0.1, 0.15) is 6.54 Å². The van der Waals surface area contributed by atoms with Crippen molar-refractivity contribution in [3.63, 3.8) is 0 Å². The van der Waals surface area contributed by atoms with Crippen molar-refractivity contribution in [1.29, 1.82) is 0 Å². The number of anilines is 1. The van der Waals surface area contributed by atoms with E-state index < -0.39 is 6.09 Å². The van der Waals surface area contributed by atoms with Crippen molar-refractivity contribution in [2.24, 2.45) is 0 Å². The number of carbonyl (C=O) groups excluding carboxylic acids is 3. The van der Waals surface area contributed by atoms with Gasteiger partial charge in [0, 0.05) is 13.1 Å². The van der Waals surface area contributed by atoms with Gasteiger partial charge >= 0.3 is 6.09 Å². The molecule has 0 radical (unpaired) electrons. The topological polar surface area (TPSA) is 145 Å². The van der Waals surface area contributed by atoms with E-state index in [4.69, 9.17) is 0 Å². The molecule has 50 heavy (non-hydrogen) atoms. The van der Waals surface area contributed by atoms with Crippen LogP contribution in [0.4, 0.5) is 10.7 Å². The molecular formula is C39H49N7O4. The van der Waals surface area contributed by atoms with E-state index in [1.165, 1.54) is 13.5 Å². The molecule has 11 heteroatoms. The van der Waals surface area contributed by atoms with Gasteiger partial charge in [0.25, 0.3) is 0 Å². The number of H-pyrrole nitrogens is 2. The SMILES string of the molecule is CC.CCC.COC(=O)NCC(=O)N1CCCC1.O=C(Cc1ccccc1)Nc1ncc(-c2ccc(-c3ccc(-c4cnc[nH]4)cc3)cc2)[nH]1. The first kappa shape index (κ1) is 38.7. The zero-order chi connectivity index (χ0) is 36.1. The summed E-state index contributed by atoms with van der Waals surface area (Å²) in [6.07, 6.45) is 8.34. The van der Waals surface area contributed by atoms with E-state index in [1.54, 1.807) is 17.4 Å². The molecule has 4 N–H and O–H groups in total. The number of benzene rings is 3. The standard InChI is InChI=1S/C26H21N5O.C8H14N2O3.C3H8.C2H6/c32-25(14-18-4-2-1-3-5-18)31-26-28-16-24(30-26)22-12-8-20(9-13-22)19-6-10-21(11-7-19)23-15-27-17-29-23;1-13-8(12)9-6-7(11)10-4-2-3-5-10;1-3-2;1-2/h1-13,15-17H,14H2,(H,27,29)(H2,28,30,31,32);2-6H2,1H3,(H,9,12);3H2,1-2H3;1-2H3. The molecule has 1 aliphatic heterocycles. The summed E-state index contributed by atoms with van der Waals surface area (Å²) in [6, 6.07) is 26.2. The van der Waals surface area contributed by atoms with Gasteiger partial charge < -0.3 is 24.9 Å². The van der Waals surface area contributed by atoms with Crippen molar-refractivity contribution in [2.45, 2.75) is 53.4 Å². The maximum atomic E-state index is 12.3. The van der Waals surface area contributed by atoms with E-state index in [9.17, 15) is 14.4 Å². The van der Waals surface area contributed by atoms with Crippen LogP contribution in [0.5, 0.6) is 0 Å². The molecule has 3 heterocycles. The second kappa shape index (κ2) is 21.3. The van der Waals surface area contributed by atoms with Crippen LogP contribution in [0, 0.1) is 0 Å². The fourth-order valence-corrected chi connectivity index (χ4v) is 4.89. The molecule has 0 atom stereocenters. The normalized spacial score (nSPS) is 11.4. The summed E-state index contributed by atoms with van der Waals surface area (Å²) in [6.45, 7) is 9.90. The average molecular weight is 680 g/mol. The molecule has 0 bridgehead atoms. The lowest BCUT2D eigenvalue weighted by molar-refractivity contribution is -0.129. The average Bonchev–Trinajstić information content (AvgIpc) is 3.97. The number of rotatable bonds is 8. The van der Waals surface area contributed by atoms with Crippen molar-refractivity contribution in [1.82, 2.24) is 30.2 Å². The van der Waals surface area contributed by atoms with Crippen molar-refractivity contribution in [2.75, 3.05) is 32.1 Å². The Kier molecular flexibility index (Phi) is 16.5. The van der Waals surface area contributed by atoms with Crippen LogP contribution in [-0.4, -0.2) is 69.5 Å². The molecule has 6 rings (SSSR count). The third-order valence-corrected chi connectivity index (χ3v) is 7.29. The highest BCUT2D eigenvalue weighted by atomic mass is 16.5. The Hall–Kier alpha value is -5.71. The van der Waals surface area contributed by atoms with E-state index in [1.807, 2.05) is 62.5 Å². The fourth-order valence-electron chi connectivity index (χ4n) is 4.89. The Morgan fingerprint density at radius 2 is 1.36 bits per heavy atom. The summed E-state index contributed by atoms with van der Waals surface area (Å²) in [7, 11) is 1.27. The molecule has 0 unspecified atom stereocenters. The molecule has 11 nitrogen and oxygen atoms in total. The minimum Gasteiger partial charge on any atom is -0.453 e. The predicted octanol–water partition coefficient (Wildman–Crippen LogP) is 7.72. The fraction of sp³-hybridized carbons (Fsp3) is 0.308. The number of aromatic amines is 2. The molecular weight excluding hydrogens is 630 g/mol. The van der Waals surface area contributed by atoms with Crippen molar-refractivity contribution in [3.8, 4) is 33.6 Å². The largest absolute Gasteiger partial charge is 0.453 e. The van der Waals surface area contributed by atoms with Crippen LogP contribution < -0.4 is 10.6 Å². The lowest BCUT2D eigenvalue weighted by Crippen LogP contribution is -2.38. The van der Waals surface area contributed by atoms with Crippen LogP contribution in [0.2, 0.25) is 0 Å². The Labute approximate surface area is 294 Å². The van der Waals surface area contributed by atoms with Crippen molar-refractivity contribution in [3.05, 3.63) is 103 Å². The summed E-state index contributed by atoms with van der Waals surface area (Å²) in [4.78, 5) is 50.6. The smallest absolute Gasteiger partial charge is 0.407 e. The van der Waals surface area contributed by atoms with Gasteiger partial charge in [-0.2, -0.15) is 0 Å². The van der Waals surface area contributed by atoms with Crippen LogP contribution in [0.3, 0.4) is 0 Å². The number of aromatic nitrogens is 4. The molecule has 3 aromatic carbocycles. The van der Waals surface area contributed by atoms with Crippen LogP contribution >= 0.6 is 0 Å². The van der Waals surface area contributed by atoms with Gasteiger partial charge in [-0.1, -0.05) is 113 Å². The number of nitrogens with zero attached hydrogens (tertiary/aromatic N) is 3. The number of carbonyl (C=O) groups is 3. The second-order valence-electron chi connectivity index (χ2n) is 11.1. The van der Waals surface area contributed by atoms with Crippen molar-refractivity contribution >= 4 is 23.9 Å². The zero-order valence-corrected chi connectivity index (χ0v) is 29.7. The molecule has 0 saturated carbocycles. The summed E-state index contributed by atoms with van der Waals surface area (Å²) in [5.74, 6) is 0.299. The predicted molar refractivity (Wildman–Crippen MR) is 199 cm³/mol. The summed E-state index contributed by atoms with van der Waals surface area (Å²) >= 11 is 0. The quantitative estimate of drug-likeness (QED) is 0.132. The van der Waals surface area contributed by atoms with Crippen molar-refractivity contribution < 1.29 is 19.1 Å². The monoisotopic (exact) mass is 679 g/mol. The number of nitrogens with one attached hydrogen (secondary N) is 4. The molecule has 2 aromatic heterocycles. The van der Waals surface area contributed by atoms with Gasteiger partial charge in [0.2, 0.25) is 17.8 Å². The molecule has 3 amide bonds. The number of imidazole rings is 2. The van der Waals surface area contributed by atoms with Gasteiger partial charge in [-0.05, 0) is 40.7 Å². The Bertz CT molecular complexity index is 1700. The van der Waals surface area contributed by atoms with Gasteiger partial charge in [-0.25, -0.2) is 14.8 Å². The van der Waals surface area contributed by atoms with E-state index in [0.717, 1.165) is 65.1 Å². The number of alkyl carbamates (subject to hydrolysis) is 1. The molecule has 0 spiro atoms. The Balaban J connectivity index is 0.000000314. The minimum absolute atomic E-state index is 0.0344. The maximum absolute atomic E-state index is 12.3. The molecule has 1 aliphatic rings. The number of amides is 3. The Morgan fingerprint density at radius 3 is 1.90 bits per heavy atom. The summed E-state index contributed by atoms with van der Waals surface area (Å²) in [5.41, 5.74) is 7.17. The second-order valence-corrected chi connectivity index (χ2v) is 11.1. The van der Waals surface area contributed by atoms with Gasteiger partial charge in [0.15, 0.2) is 0 Å². The molecule has 5 aromatic rings. The molecule has 1 saturated heterocycles. The van der Waals surface area contributed by atoms with Crippen LogP contribution in [0.25, 0.3) is 33.6 Å². The van der Waals surface area contributed by atoms with Gasteiger partial charge in [-0.15, -0.1) is 0 Å². The highest BCUT2D eigenvalue weighted by Gasteiger charge is 2.18. The number of ether oxygens (including phenoxy) is 1. The van der Waals surface area contributed by atoms with E-state index >= 15 is 0 Å². The van der Waals surface area contributed by atoms with Gasteiger partial charge in [0.05, 0.1) is 43.6 Å². The molecule has 0 aliphatic carbocycles. The van der Waals surface area contributed by atoms with Gasteiger partial charge in [-0.3, -0.25) is 14.9 Å². The number of hydrogen-bond acceptors (Lipinski definition) is 6. The highest BCUT2D eigenvalue weighted by molar-refractivity contribution is 5.91. The lowest BCUT2D eigenvalue weighted by atomic mass is 10.0. The first-order valence-corrected chi connectivity index (χ1v) is 17.1. The minimum atomic E-state index is -0.562. The highest BCUT2D eigenvalue weighted by Crippen LogP contribution is 2.26. The summed E-state index contributed by atoms with van der Waals surface area (Å²) < 4.78 is 4.34. The summed E-state index contributed by atoms with van der Waals surface area (Å²) in [5, 5.41) is 5.18. The number of likely N-dealkylation sites (tertiary alicyclic amines) is 1. The van der Waals surface area contributed by atoms with Crippen LogP contribution in [-0.2, 0) is 20.7 Å². The molecule has 1 fully saturated rings. The van der Waals surface area contributed by atoms with Crippen LogP contribution in [0.1, 0.15) is 52.5 Å². The first-order valence-electron chi connectivity index (χ1n) is 17.1. The molecule has 264 valence electrons. The number of hydrogen-bond donors (Lipinski definition) is 4.